The summed E-state index contributed by atoms with van der Waals surface area (Å²) >= 11 is 0. The van der Waals surface area contributed by atoms with E-state index in [-0.39, 0.29) is 11.9 Å². The summed E-state index contributed by atoms with van der Waals surface area (Å²) in [5, 5.41) is 6.23. The summed E-state index contributed by atoms with van der Waals surface area (Å²) in [4.78, 5) is 12.3. The second-order valence-electron chi connectivity index (χ2n) is 5.65. The van der Waals surface area contributed by atoms with Gasteiger partial charge in [-0.15, -0.1) is 0 Å². The van der Waals surface area contributed by atoms with E-state index in [0.717, 1.165) is 17.8 Å². The largest absolute Gasteiger partial charge is 0.374 e. The molecule has 0 unspecified atom stereocenters. The molecule has 0 saturated carbocycles. The van der Waals surface area contributed by atoms with E-state index in [1.54, 1.807) is 0 Å². The third-order valence-corrected chi connectivity index (χ3v) is 4.00. The molecule has 1 amide bonds. The van der Waals surface area contributed by atoms with Crippen LogP contribution in [0.1, 0.15) is 30.5 Å². The van der Waals surface area contributed by atoms with Crippen molar-refractivity contribution in [2.75, 3.05) is 10.6 Å². The smallest absolute Gasteiger partial charge is 0.246 e. The maximum atomic E-state index is 12.3. The van der Waals surface area contributed by atoms with Gasteiger partial charge in [-0.05, 0) is 62.1 Å². The number of carbonyl (C=O) groups excluding carboxylic acids is 1. The van der Waals surface area contributed by atoms with Crippen LogP contribution in [0.3, 0.4) is 0 Å². The monoisotopic (exact) mass is 296 g/mol. The van der Waals surface area contributed by atoms with Crippen LogP contribution in [0, 0.1) is 13.8 Å². The van der Waals surface area contributed by atoms with E-state index in [9.17, 15) is 4.79 Å². The Balaban J connectivity index is 2.01. The zero-order valence-corrected chi connectivity index (χ0v) is 13.7. The molecular formula is C19H24N2O. The van der Waals surface area contributed by atoms with Crippen LogP contribution < -0.4 is 10.6 Å². The first kappa shape index (κ1) is 16.1. The van der Waals surface area contributed by atoms with Crippen LogP contribution in [0.15, 0.2) is 42.5 Å². The zero-order valence-electron chi connectivity index (χ0n) is 13.7. The third kappa shape index (κ3) is 3.88. The highest BCUT2D eigenvalue weighted by Gasteiger charge is 2.14. The molecule has 1 atom stereocenters. The lowest BCUT2D eigenvalue weighted by atomic mass is 10.1. The fourth-order valence-corrected chi connectivity index (χ4v) is 2.28. The Morgan fingerprint density at radius 1 is 1.09 bits per heavy atom. The van der Waals surface area contributed by atoms with Gasteiger partial charge in [0.1, 0.15) is 6.04 Å². The van der Waals surface area contributed by atoms with E-state index in [2.05, 4.69) is 37.5 Å². The Bertz CT molecular complexity index is 647. The van der Waals surface area contributed by atoms with Crippen LogP contribution in [0.4, 0.5) is 11.4 Å². The molecule has 0 aliphatic heterocycles. The van der Waals surface area contributed by atoms with Crippen LogP contribution in [-0.4, -0.2) is 11.9 Å². The summed E-state index contributed by atoms with van der Waals surface area (Å²) in [5.41, 5.74) is 5.49. The highest BCUT2D eigenvalue weighted by Crippen LogP contribution is 2.19. The maximum absolute atomic E-state index is 12.3. The first-order valence-corrected chi connectivity index (χ1v) is 7.73. The summed E-state index contributed by atoms with van der Waals surface area (Å²) < 4.78 is 0. The average Bonchev–Trinajstić information content (AvgIpc) is 2.52. The Morgan fingerprint density at radius 3 is 2.41 bits per heavy atom. The van der Waals surface area contributed by atoms with Crippen molar-refractivity contribution in [3.63, 3.8) is 0 Å². The van der Waals surface area contributed by atoms with Crippen LogP contribution in [0.2, 0.25) is 0 Å². The fourth-order valence-electron chi connectivity index (χ4n) is 2.28. The molecule has 0 spiro atoms. The SMILES string of the molecule is CCc1ccc(NC(=O)[C@@H](C)Nc2cccc(C)c2C)cc1. The van der Waals surface area contributed by atoms with Crippen molar-refractivity contribution in [2.45, 2.75) is 40.2 Å². The van der Waals surface area contributed by atoms with E-state index in [4.69, 9.17) is 0 Å². The number of amides is 1. The van der Waals surface area contributed by atoms with Gasteiger partial charge in [-0.25, -0.2) is 0 Å². The molecule has 0 radical (unpaired) electrons. The van der Waals surface area contributed by atoms with Crippen molar-refractivity contribution in [1.29, 1.82) is 0 Å². The topological polar surface area (TPSA) is 41.1 Å². The van der Waals surface area contributed by atoms with Gasteiger partial charge in [0, 0.05) is 11.4 Å². The minimum Gasteiger partial charge on any atom is -0.374 e. The number of anilines is 2. The standard InChI is InChI=1S/C19H24N2O/c1-5-16-9-11-17(12-10-16)21-19(22)15(4)20-18-8-6-7-13(2)14(18)3/h6-12,15,20H,5H2,1-4H3,(H,21,22)/t15-/m1/s1. The van der Waals surface area contributed by atoms with Crippen molar-refractivity contribution < 1.29 is 4.79 Å². The summed E-state index contributed by atoms with van der Waals surface area (Å²) in [6, 6.07) is 13.7. The molecule has 0 bridgehead atoms. The predicted octanol–water partition coefficient (Wildman–Crippen LogP) is 4.30. The Hall–Kier alpha value is -2.29. The van der Waals surface area contributed by atoms with Gasteiger partial charge in [0.15, 0.2) is 0 Å². The van der Waals surface area contributed by atoms with E-state index < -0.39 is 0 Å². The highest BCUT2D eigenvalue weighted by molar-refractivity contribution is 5.96. The third-order valence-electron chi connectivity index (χ3n) is 4.00. The van der Waals surface area contributed by atoms with E-state index in [1.807, 2.05) is 43.3 Å². The van der Waals surface area contributed by atoms with Crippen LogP contribution in [0.25, 0.3) is 0 Å². The van der Waals surface area contributed by atoms with Crippen LogP contribution >= 0.6 is 0 Å². The molecule has 2 aromatic rings. The van der Waals surface area contributed by atoms with Crippen molar-refractivity contribution in [3.05, 3.63) is 59.2 Å². The van der Waals surface area contributed by atoms with Crippen molar-refractivity contribution in [3.8, 4) is 0 Å². The van der Waals surface area contributed by atoms with Crippen molar-refractivity contribution >= 4 is 17.3 Å². The minimum absolute atomic E-state index is 0.0369. The quantitative estimate of drug-likeness (QED) is 0.863. The Kier molecular flexibility index (Phi) is 5.21. The molecule has 0 fully saturated rings. The van der Waals surface area contributed by atoms with Gasteiger partial charge in [-0.2, -0.15) is 0 Å². The van der Waals surface area contributed by atoms with E-state index in [1.165, 1.54) is 16.7 Å². The number of carbonyl (C=O) groups is 1. The molecule has 2 aromatic carbocycles. The van der Waals surface area contributed by atoms with Crippen LogP contribution in [-0.2, 0) is 11.2 Å². The molecule has 2 N–H and O–H groups in total. The lowest BCUT2D eigenvalue weighted by molar-refractivity contribution is -0.116. The lowest BCUT2D eigenvalue weighted by Gasteiger charge is -2.18. The van der Waals surface area contributed by atoms with Gasteiger partial charge in [0.05, 0.1) is 0 Å². The molecule has 2 rings (SSSR count). The maximum Gasteiger partial charge on any atom is 0.246 e. The lowest BCUT2D eigenvalue weighted by Crippen LogP contribution is -2.32. The summed E-state index contributed by atoms with van der Waals surface area (Å²) in [6.45, 7) is 8.12. The molecule has 3 heteroatoms. The van der Waals surface area contributed by atoms with Gasteiger partial charge in [0.25, 0.3) is 0 Å². The first-order valence-electron chi connectivity index (χ1n) is 7.73. The summed E-state index contributed by atoms with van der Waals surface area (Å²) in [5.74, 6) is -0.0369. The highest BCUT2D eigenvalue weighted by atomic mass is 16.2. The van der Waals surface area contributed by atoms with Crippen LogP contribution in [0.5, 0.6) is 0 Å². The normalized spacial score (nSPS) is 11.8. The zero-order chi connectivity index (χ0) is 16.1. The predicted molar refractivity (Wildman–Crippen MR) is 93.5 cm³/mol. The molecule has 3 nitrogen and oxygen atoms in total. The van der Waals surface area contributed by atoms with Gasteiger partial charge in [-0.1, -0.05) is 31.2 Å². The molecule has 0 aromatic heterocycles. The molecular weight excluding hydrogens is 272 g/mol. The Morgan fingerprint density at radius 2 is 1.77 bits per heavy atom. The second-order valence-corrected chi connectivity index (χ2v) is 5.65. The minimum atomic E-state index is -0.300. The molecule has 0 aliphatic rings. The average molecular weight is 296 g/mol. The van der Waals surface area contributed by atoms with Gasteiger partial charge >= 0.3 is 0 Å². The number of aryl methyl sites for hydroxylation is 2. The number of benzene rings is 2. The fraction of sp³-hybridized carbons (Fsp3) is 0.316. The summed E-state index contributed by atoms with van der Waals surface area (Å²) in [6.07, 6.45) is 0.999. The van der Waals surface area contributed by atoms with Gasteiger partial charge in [-0.3, -0.25) is 4.79 Å². The molecule has 0 aliphatic carbocycles. The Labute approximate surface area is 132 Å². The number of hydrogen-bond donors (Lipinski definition) is 2. The van der Waals surface area contributed by atoms with E-state index >= 15 is 0 Å². The van der Waals surface area contributed by atoms with Crippen molar-refractivity contribution in [2.24, 2.45) is 0 Å². The first-order chi connectivity index (χ1) is 10.5. The number of hydrogen-bond acceptors (Lipinski definition) is 2. The van der Waals surface area contributed by atoms with Gasteiger partial charge in [0.2, 0.25) is 5.91 Å². The second kappa shape index (κ2) is 7.12. The number of nitrogens with one attached hydrogen (secondary N) is 2. The molecule has 0 saturated heterocycles. The molecule has 0 heterocycles. The molecule has 116 valence electrons. The number of rotatable bonds is 5. The van der Waals surface area contributed by atoms with Crippen molar-refractivity contribution in [1.82, 2.24) is 0 Å². The van der Waals surface area contributed by atoms with Gasteiger partial charge < -0.3 is 10.6 Å². The summed E-state index contributed by atoms with van der Waals surface area (Å²) in [7, 11) is 0. The molecule has 22 heavy (non-hydrogen) atoms. The van der Waals surface area contributed by atoms with E-state index in [0.29, 0.717) is 0 Å².